The molecule has 0 amide bonds. The van der Waals surface area contributed by atoms with Crippen LogP contribution in [-0.4, -0.2) is 36.0 Å². The molecule has 0 radical (unpaired) electrons. The minimum absolute atomic E-state index is 0.000394. The van der Waals surface area contributed by atoms with Gasteiger partial charge in [0.25, 0.3) is 0 Å². The molecule has 0 aromatic heterocycles. The molecule has 2 unspecified atom stereocenters. The van der Waals surface area contributed by atoms with Crippen LogP contribution in [0.15, 0.2) is 0 Å². The Balaban J connectivity index is 2.65. The van der Waals surface area contributed by atoms with E-state index in [4.69, 9.17) is 4.74 Å². The van der Waals surface area contributed by atoms with E-state index in [1.54, 1.807) is 0 Å². The summed E-state index contributed by atoms with van der Waals surface area (Å²) in [5, 5.41) is 0. The summed E-state index contributed by atoms with van der Waals surface area (Å²) in [6, 6.07) is 0. The number of hydrogen-bond donors (Lipinski definition) is 1. The van der Waals surface area contributed by atoms with Crippen molar-refractivity contribution >= 4 is 13.5 Å². The fourth-order valence-corrected chi connectivity index (χ4v) is 5.43. The van der Waals surface area contributed by atoms with Crippen LogP contribution in [0, 0.1) is 17.3 Å². The van der Waals surface area contributed by atoms with Crippen molar-refractivity contribution in [2.75, 3.05) is 25.1 Å². The van der Waals surface area contributed by atoms with Gasteiger partial charge in [-0.2, -0.15) is 0 Å². The van der Waals surface area contributed by atoms with Crippen LogP contribution in [0.25, 0.3) is 0 Å². The fraction of sp³-hybridized carbons (Fsp3) is 0.923. The normalized spacial score (nSPS) is 27.6. The molecule has 0 bridgehead atoms. The van der Waals surface area contributed by atoms with Gasteiger partial charge in [0.05, 0.1) is 0 Å². The molecule has 17 heavy (non-hydrogen) atoms. The molecule has 1 fully saturated rings. The zero-order valence-electron chi connectivity index (χ0n) is 11.7. The topological polar surface area (TPSA) is 46.5 Å². The Morgan fingerprint density at radius 1 is 1.29 bits per heavy atom. The molecular formula is C13H27O3P. The molecule has 1 saturated carbocycles. The number of rotatable bonds is 6. The van der Waals surface area contributed by atoms with Crippen LogP contribution < -0.4 is 0 Å². The van der Waals surface area contributed by atoms with Crippen LogP contribution in [0.5, 0.6) is 0 Å². The van der Waals surface area contributed by atoms with E-state index in [9.17, 15) is 9.69 Å². The maximum absolute atomic E-state index is 11.8. The number of esters is 1. The second-order valence-electron chi connectivity index (χ2n) is 5.79. The standard InChI is InChI=1S/C13H27O3P/c1-6-16-12(14)11-10(13(11,4)5)9-17(15,7-2)8-3/h10-11,15,17H,6-9H2,1-5H3. The summed E-state index contributed by atoms with van der Waals surface area (Å²) in [6.45, 7) is 10.6. The van der Waals surface area contributed by atoms with E-state index in [0.29, 0.717) is 12.5 Å². The molecule has 0 spiro atoms. The molecule has 1 aliphatic carbocycles. The minimum atomic E-state index is -2.11. The number of hydrogen-bond acceptors (Lipinski definition) is 3. The molecule has 1 rings (SSSR count). The van der Waals surface area contributed by atoms with Crippen molar-refractivity contribution < 1.29 is 14.4 Å². The van der Waals surface area contributed by atoms with Crippen LogP contribution in [0.3, 0.4) is 0 Å². The van der Waals surface area contributed by atoms with Gasteiger partial charge in [-0.15, -0.1) is 0 Å². The van der Waals surface area contributed by atoms with Gasteiger partial charge in [0.2, 0.25) is 0 Å². The average molecular weight is 262 g/mol. The Morgan fingerprint density at radius 2 is 1.82 bits per heavy atom. The van der Waals surface area contributed by atoms with E-state index in [1.807, 2.05) is 6.92 Å². The van der Waals surface area contributed by atoms with Gasteiger partial charge in [-0.1, -0.05) is 0 Å². The zero-order chi connectivity index (χ0) is 13.3. The predicted octanol–water partition coefficient (Wildman–Crippen LogP) is 2.52. The molecule has 1 N–H and O–H groups in total. The van der Waals surface area contributed by atoms with Gasteiger partial charge < -0.3 is 0 Å². The summed E-state index contributed by atoms with van der Waals surface area (Å²) in [5.41, 5.74) is 0.0115. The van der Waals surface area contributed by atoms with Crippen LogP contribution in [0.4, 0.5) is 0 Å². The Bertz CT molecular complexity index is 284. The molecular weight excluding hydrogens is 235 g/mol. The molecule has 0 saturated heterocycles. The van der Waals surface area contributed by atoms with Gasteiger partial charge in [-0.05, 0) is 0 Å². The van der Waals surface area contributed by atoms with E-state index < -0.39 is 7.49 Å². The third kappa shape index (κ3) is 3.00. The summed E-state index contributed by atoms with van der Waals surface area (Å²) in [6.07, 6.45) is 2.60. The third-order valence-corrected chi connectivity index (χ3v) is 8.34. The van der Waals surface area contributed by atoms with E-state index in [2.05, 4.69) is 27.7 Å². The summed E-state index contributed by atoms with van der Waals surface area (Å²) < 4.78 is 5.11. The molecule has 3 nitrogen and oxygen atoms in total. The Kier molecular flexibility index (Phi) is 4.60. The van der Waals surface area contributed by atoms with Gasteiger partial charge in [-0.25, -0.2) is 0 Å². The van der Waals surface area contributed by atoms with E-state index in [0.717, 1.165) is 18.5 Å². The monoisotopic (exact) mass is 262 g/mol. The van der Waals surface area contributed by atoms with Crippen molar-refractivity contribution in [3.63, 3.8) is 0 Å². The molecule has 4 heteroatoms. The first kappa shape index (κ1) is 14.9. The van der Waals surface area contributed by atoms with Crippen molar-refractivity contribution in [1.82, 2.24) is 0 Å². The van der Waals surface area contributed by atoms with E-state index >= 15 is 0 Å². The summed E-state index contributed by atoms with van der Waals surface area (Å²) in [7, 11) is -2.11. The average Bonchev–Trinajstić information content (AvgIpc) is 2.80. The van der Waals surface area contributed by atoms with Crippen LogP contribution >= 0.6 is 7.49 Å². The fourth-order valence-electron chi connectivity index (χ4n) is 2.77. The van der Waals surface area contributed by atoms with Crippen molar-refractivity contribution in [3.8, 4) is 0 Å². The number of carbonyl (C=O) groups is 1. The van der Waals surface area contributed by atoms with Crippen LogP contribution in [0.1, 0.15) is 34.6 Å². The van der Waals surface area contributed by atoms with Gasteiger partial charge in [-0.3, -0.25) is 0 Å². The molecule has 2 atom stereocenters. The maximum atomic E-state index is 11.8. The first-order valence-electron chi connectivity index (χ1n) is 6.71. The van der Waals surface area contributed by atoms with Crippen molar-refractivity contribution in [2.45, 2.75) is 34.6 Å². The Morgan fingerprint density at radius 3 is 2.24 bits per heavy atom. The molecule has 1 aliphatic rings. The van der Waals surface area contributed by atoms with E-state index in [-0.39, 0.29) is 17.3 Å². The third-order valence-electron chi connectivity index (χ3n) is 4.51. The Labute approximate surface area is 105 Å². The SMILES string of the molecule is CCOC(=O)C1C(C[PH](O)(CC)CC)C1(C)C. The van der Waals surface area contributed by atoms with E-state index in [1.165, 1.54) is 0 Å². The number of ether oxygens (including phenoxy) is 1. The number of carbonyl (C=O) groups excluding carboxylic acids is 1. The molecule has 102 valence electrons. The summed E-state index contributed by atoms with van der Waals surface area (Å²) >= 11 is 0. The van der Waals surface area contributed by atoms with Crippen LogP contribution in [0.2, 0.25) is 0 Å². The molecule has 0 aromatic carbocycles. The first-order chi connectivity index (χ1) is 7.82. The van der Waals surface area contributed by atoms with Crippen molar-refractivity contribution in [2.24, 2.45) is 17.3 Å². The zero-order valence-corrected chi connectivity index (χ0v) is 12.7. The second kappa shape index (κ2) is 5.24. The quantitative estimate of drug-likeness (QED) is 0.591. The van der Waals surface area contributed by atoms with Gasteiger partial charge in [0.15, 0.2) is 0 Å². The van der Waals surface area contributed by atoms with Gasteiger partial charge >= 0.3 is 105 Å². The Hall–Kier alpha value is -0.140. The molecule has 0 aliphatic heterocycles. The summed E-state index contributed by atoms with van der Waals surface area (Å²) in [4.78, 5) is 22.3. The predicted molar refractivity (Wildman–Crippen MR) is 73.9 cm³/mol. The van der Waals surface area contributed by atoms with Crippen molar-refractivity contribution in [3.05, 3.63) is 0 Å². The van der Waals surface area contributed by atoms with Gasteiger partial charge in [0, 0.05) is 0 Å². The first-order valence-corrected chi connectivity index (χ1v) is 9.28. The van der Waals surface area contributed by atoms with Gasteiger partial charge in [0.1, 0.15) is 0 Å². The molecule has 0 heterocycles. The second-order valence-corrected chi connectivity index (χ2v) is 10.1. The van der Waals surface area contributed by atoms with Crippen molar-refractivity contribution in [1.29, 1.82) is 0 Å². The molecule has 0 aromatic rings. The van der Waals surface area contributed by atoms with Crippen LogP contribution in [-0.2, 0) is 9.53 Å². The summed E-state index contributed by atoms with van der Waals surface area (Å²) in [5.74, 6) is 0.240.